The number of fused-ring (bicyclic) bond motifs is 1. The molecule has 0 unspecified atom stereocenters. The average Bonchev–Trinajstić information content (AvgIpc) is 3.10. The summed E-state index contributed by atoms with van der Waals surface area (Å²) in [6.07, 6.45) is -0.761. The number of carbonyl (C=O) groups excluding carboxylic acids is 1. The van der Waals surface area contributed by atoms with Crippen LogP contribution in [0.4, 0.5) is 4.79 Å². The molecule has 146 valence electrons. The van der Waals surface area contributed by atoms with E-state index in [1.165, 1.54) is 0 Å². The Balaban J connectivity index is 1.82. The summed E-state index contributed by atoms with van der Waals surface area (Å²) in [7, 11) is 0. The first kappa shape index (κ1) is 19.1. The Kier molecular flexibility index (Phi) is 5.03. The fourth-order valence-electron chi connectivity index (χ4n) is 2.92. The standard InChI is InChI=1S/C23H20N2O3S/c1-23(2,3)28-22(26)27-21-19(20(25-29-21)16-10-5-4-6-11-16)18-14-13-15-9-7-8-12-17(15)24-18/h4-14H,1-3H3. The van der Waals surface area contributed by atoms with Crippen LogP contribution >= 0.6 is 11.5 Å². The summed E-state index contributed by atoms with van der Waals surface area (Å²) in [5.74, 6) is 0. The molecule has 0 bridgehead atoms. The molecule has 0 saturated carbocycles. The van der Waals surface area contributed by atoms with E-state index in [0.29, 0.717) is 16.3 Å². The van der Waals surface area contributed by atoms with Crippen molar-refractivity contribution in [3.63, 3.8) is 0 Å². The number of pyridine rings is 1. The van der Waals surface area contributed by atoms with Crippen LogP contribution in [0.15, 0.2) is 66.7 Å². The van der Waals surface area contributed by atoms with Crippen molar-refractivity contribution in [2.75, 3.05) is 0 Å². The van der Waals surface area contributed by atoms with Gasteiger partial charge in [0.05, 0.1) is 22.5 Å². The van der Waals surface area contributed by atoms with E-state index >= 15 is 0 Å². The van der Waals surface area contributed by atoms with Crippen molar-refractivity contribution < 1.29 is 14.3 Å². The fourth-order valence-corrected chi connectivity index (χ4v) is 3.68. The Morgan fingerprint density at radius 1 is 0.931 bits per heavy atom. The maximum atomic E-state index is 12.3. The predicted octanol–water partition coefficient (Wildman–Crippen LogP) is 6.34. The molecule has 4 aromatic rings. The largest absolute Gasteiger partial charge is 0.515 e. The van der Waals surface area contributed by atoms with Gasteiger partial charge in [-0.3, -0.25) is 0 Å². The third-order valence-corrected chi connectivity index (χ3v) is 4.86. The van der Waals surface area contributed by atoms with Crippen molar-refractivity contribution in [1.29, 1.82) is 0 Å². The highest BCUT2D eigenvalue weighted by Crippen LogP contribution is 2.42. The topological polar surface area (TPSA) is 61.3 Å². The fraction of sp³-hybridized carbons (Fsp3) is 0.174. The van der Waals surface area contributed by atoms with E-state index in [0.717, 1.165) is 33.7 Å². The lowest BCUT2D eigenvalue weighted by molar-refractivity contribution is 0.0215. The Morgan fingerprint density at radius 2 is 1.66 bits per heavy atom. The summed E-state index contributed by atoms with van der Waals surface area (Å²) in [4.78, 5) is 17.1. The van der Waals surface area contributed by atoms with Gasteiger partial charge in [-0.1, -0.05) is 54.6 Å². The first-order valence-corrected chi connectivity index (χ1v) is 10.0. The first-order chi connectivity index (χ1) is 13.9. The zero-order valence-electron chi connectivity index (χ0n) is 16.4. The molecule has 0 aliphatic rings. The molecule has 0 amide bonds. The maximum Gasteiger partial charge on any atom is 0.515 e. The van der Waals surface area contributed by atoms with Gasteiger partial charge in [-0.2, -0.15) is 4.37 Å². The second-order valence-electron chi connectivity index (χ2n) is 7.52. The zero-order valence-corrected chi connectivity index (χ0v) is 17.2. The van der Waals surface area contributed by atoms with Gasteiger partial charge in [-0.25, -0.2) is 9.78 Å². The second kappa shape index (κ2) is 7.64. The maximum absolute atomic E-state index is 12.3. The van der Waals surface area contributed by atoms with Crippen molar-refractivity contribution >= 4 is 28.6 Å². The van der Waals surface area contributed by atoms with Gasteiger partial charge in [-0.15, -0.1) is 0 Å². The molecular formula is C23H20N2O3S. The van der Waals surface area contributed by atoms with Crippen molar-refractivity contribution in [3.8, 4) is 27.6 Å². The van der Waals surface area contributed by atoms with Crippen LogP contribution in [0.5, 0.6) is 5.06 Å². The number of hydrogen-bond donors (Lipinski definition) is 0. The Labute approximate surface area is 173 Å². The molecule has 4 rings (SSSR count). The van der Waals surface area contributed by atoms with Crippen molar-refractivity contribution in [2.24, 2.45) is 0 Å². The van der Waals surface area contributed by atoms with E-state index in [1.807, 2.05) is 66.7 Å². The number of rotatable bonds is 3. The number of benzene rings is 2. The molecule has 0 atom stereocenters. The number of ether oxygens (including phenoxy) is 2. The van der Waals surface area contributed by atoms with Crippen LogP contribution in [0, 0.1) is 0 Å². The van der Waals surface area contributed by atoms with Crippen LogP contribution in [0.25, 0.3) is 33.4 Å². The van der Waals surface area contributed by atoms with Gasteiger partial charge in [0.1, 0.15) is 5.60 Å². The molecule has 2 aromatic heterocycles. The quantitative estimate of drug-likeness (QED) is 0.373. The lowest BCUT2D eigenvalue weighted by Gasteiger charge is -2.18. The van der Waals surface area contributed by atoms with Gasteiger partial charge in [0.25, 0.3) is 0 Å². The van der Waals surface area contributed by atoms with Crippen LogP contribution in [-0.2, 0) is 4.74 Å². The molecule has 0 N–H and O–H groups in total. The summed E-state index contributed by atoms with van der Waals surface area (Å²) in [6, 6.07) is 21.6. The molecule has 0 fully saturated rings. The summed E-state index contributed by atoms with van der Waals surface area (Å²) in [5.41, 5.74) is 3.22. The zero-order chi connectivity index (χ0) is 20.4. The average molecular weight is 404 g/mol. The van der Waals surface area contributed by atoms with E-state index in [1.54, 1.807) is 20.8 Å². The molecule has 0 spiro atoms. The third-order valence-electron chi connectivity index (χ3n) is 4.13. The molecule has 2 heterocycles. The highest BCUT2D eigenvalue weighted by atomic mass is 32.1. The van der Waals surface area contributed by atoms with Crippen molar-refractivity contribution in [3.05, 3.63) is 66.7 Å². The highest BCUT2D eigenvalue weighted by molar-refractivity contribution is 7.08. The summed E-state index contributed by atoms with van der Waals surface area (Å²) >= 11 is 1.11. The van der Waals surface area contributed by atoms with Gasteiger partial charge >= 0.3 is 6.16 Å². The van der Waals surface area contributed by atoms with Crippen LogP contribution in [-0.4, -0.2) is 21.1 Å². The Bertz CT molecular complexity index is 1160. The molecule has 2 aromatic carbocycles. The van der Waals surface area contributed by atoms with Crippen LogP contribution < -0.4 is 4.74 Å². The number of hydrogen-bond acceptors (Lipinski definition) is 6. The van der Waals surface area contributed by atoms with E-state index in [4.69, 9.17) is 14.5 Å². The van der Waals surface area contributed by atoms with Crippen LogP contribution in [0.3, 0.4) is 0 Å². The predicted molar refractivity (Wildman–Crippen MR) is 115 cm³/mol. The molecule has 29 heavy (non-hydrogen) atoms. The minimum Gasteiger partial charge on any atom is -0.428 e. The number of nitrogens with zero attached hydrogens (tertiary/aromatic N) is 2. The third kappa shape index (κ3) is 4.27. The molecule has 0 saturated heterocycles. The summed E-state index contributed by atoms with van der Waals surface area (Å²) in [5, 5.41) is 1.40. The molecular weight excluding hydrogens is 384 g/mol. The molecule has 0 aliphatic heterocycles. The number of aromatic nitrogens is 2. The van der Waals surface area contributed by atoms with E-state index in [-0.39, 0.29) is 0 Å². The lowest BCUT2D eigenvalue weighted by atomic mass is 10.0. The Hall–Kier alpha value is -3.25. The van der Waals surface area contributed by atoms with Crippen LogP contribution in [0.2, 0.25) is 0 Å². The van der Waals surface area contributed by atoms with Gasteiger partial charge in [0, 0.05) is 22.5 Å². The number of carbonyl (C=O) groups is 1. The summed E-state index contributed by atoms with van der Waals surface area (Å²) < 4.78 is 15.4. The van der Waals surface area contributed by atoms with Gasteiger partial charge in [0.15, 0.2) is 0 Å². The minimum atomic E-state index is -0.761. The molecule has 6 heteroatoms. The van der Waals surface area contributed by atoms with E-state index in [9.17, 15) is 4.79 Å². The summed E-state index contributed by atoms with van der Waals surface area (Å²) in [6.45, 7) is 5.38. The lowest BCUT2D eigenvalue weighted by Crippen LogP contribution is -2.25. The van der Waals surface area contributed by atoms with Gasteiger partial charge < -0.3 is 9.47 Å². The SMILES string of the molecule is CC(C)(C)OC(=O)Oc1snc(-c2ccccc2)c1-c1ccc2ccccc2n1. The Morgan fingerprint density at radius 3 is 2.41 bits per heavy atom. The van der Waals surface area contributed by atoms with E-state index < -0.39 is 11.8 Å². The van der Waals surface area contributed by atoms with Crippen LogP contribution in [0.1, 0.15) is 20.8 Å². The van der Waals surface area contributed by atoms with Crippen molar-refractivity contribution in [1.82, 2.24) is 9.36 Å². The molecule has 0 radical (unpaired) electrons. The highest BCUT2D eigenvalue weighted by Gasteiger charge is 2.25. The smallest absolute Gasteiger partial charge is 0.428 e. The first-order valence-electron chi connectivity index (χ1n) is 9.23. The normalized spacial score (nSPS) is 11.4. The molecule has 5 nitrogen and oxygen atoms in total. The van der Waals surface area contributed by atoms with Gasteiger partial charge in [0.2, 0.25) is 5.06 Å². The minimum absolute atomic E-state index is 0.362. The van der Waals surface area contributed by atoms with E-state index in [2.05, 4.69) is 4.37 Å². The van der Waals surface area contributed by atoms with Gasteiger partial charge in [-0.05, 0) is 32.9 Å². The van der Waals surface area contributed by atoms with Crippen molar-refractivity contribution in [2.45, 2.75) is 26.4 Å². The monoisotopic (exact) mass is 404 g/mol. The number of para-hydroxylation sites is 1. The molecule has 0 aliphatic carbocycles. The second-order valence-corrected chi connectivity index (χ2v) is 8.25.